The van der Waals surface area contributed by atoms with Gasteiger partial charge < -0.3 is 19.8 Å². The molecule has 10 nitrogen and oxygen atoms in total. The summed E-state index contributed by atoms with van der Waals surface area (Å²) in [6, 6.07) is 8.68. The molecule has 3 aromatic heterocycles. The van der Waals surface area contributed by atoms with Crippen LogP contribution in [0.15, 0.2) is 45.7 Å². The summed E-state index contributed by atoms with van der Waals surface area (Å²) in [5.74, 6) is 1.47. The molecule has 0 spiro atoms. The van der Waals surface area contributed by atoms with Gasteiger partial charge in [-0.25, -0.2) is 14.4 Å². The lowest BCUT2D eigenvalue weighted by Crippen LogP contribution is -2.53. The summed E-state index contributed by atoms with van der Waals surface area (Å²) in [6.45, 7) is 6.98. The number of nitrogens with two attached hydrogens (primary N) is 1. The molecule has 1 saturated heterocycles. The van der Waals surface area contributed by atoms with E-state index in [0.717, 1.165) is 12.3 Å². The molecular weight excluding hydrogens is 465 g/mol. The molecule has 4 heterocycles. The number of aromatic nitrogens is 4. The van der Waals surface area contributed by atoms with E-state index in [1.54, 1.807) is 22.8 Å². The second kappa shape index (κ2) is 9.57. The molecule has 1 aliphatic heterocycles. The second-order valence-corrected chi connectivity index (χ2v) is 8.91. The van der Waals surface area contributed by atoms with Crippen molar-refractivity contribution in [2.75, 3.05) is 43.9 Å². The zero-order valence-electron chi connectivity index (χ0n) is 20.4. The molecule has 0 radical (unpaired) electrons. The lowest BCUT2D eigenvalue weighted by molar-refractivity contribution is 0.182. The summed E-state index contributed by atoms with van der Waals surface area (Å²) in [6.07, 6.45) is 1.27. The Balaban J connectivity index is 1.35. The van der Waals surface area contributed by atoms with Crippen molar-refractivity contribution in [1.82, 2.24) is 24.4 Å². The van der Waals surface area contributed by atoms with Crippen molar-refractivity contribution in [3.8, 4) is 17.2 Å². The minimum atomic E-state index is -0.301. The number of hydrogen-bond donors (Lipinski definition) is 1. The molecule has 5 rings (SSSR count). The van der Waals surface area contributed by atoms with E-state index in [1.807, 2.05) is 17.9 Å². The Bertz CT molecular complexity index is 1470. The quantitative estimate of drug-likeness (QED) is 0.433. The fraction of sp³-hybridized carbons (Fsp3) is 0.360. The van der Waals surface area contributed by atoms with Crippen molar-refractivity contribution in [2.45, 2.75) is 26.4 Å². The molecule has 188 valence electrons. The molecular formula is C25H28FN7O3. The minimum Gasteiger partial charge on any atom is -0.497 e. The number of benzene rings is 1. The standard InChI is InChI=1S/C25H28FN7O3/c1-15-14-32(19-6-5-17(35-3)12-18(19)26)9-8-31(15)10-11-33-21(34)13-28-23-22(20-7-4-16(2)36-20)29-25(27)30-24(23)33/h4-7,12-13,15H,8-11,14H2,1-3H3,(H2,27,29,30). The van der Waals surface area contributed by atoms with Crippen LogP contribution in [0.1, 0.15) is 12.7 Å². The number of aryl methyl sites for hydroxylation is 1. The number of furan rings is 1. The van der Waals surface area contributed by atoms with E-state index in [4.69, 9.17) is 14.9 Å². The number of nitrogen functional groups attached to an aromatic ring is 1. The van der Waals surface area contributed by atoms with Gasteiger partial charge in [0.2, 0.25) is 5.95 Å². The fourth-order valence-electron chi connectivity index (χ4n) is 4.66. The zero-order chi connectivity index (χ0) is 25.4. The topological polar surface area (TPSA) is 116 Å². The molecule has 1 unspecified atom stereocenters. The van der Waals surface area contributed by atoms with Gasteiger partial charge in [-0.3, -0.25) is 14.3 Å². The maximum Gasteiger partial charge on any atom is 0.270 e. The number of halogens is 1. The van der Waals surface area contributed by atoms with E-state index in [9.17, 15) is 9.18 Å². The first-order valence-corrected chi connectivity index (χ1v) is 11.8. The van der Waals surface area contributed by atoms with Gasteiger partial charge in [-0.1, -0.05) is 0 Å². The average molecular weight is 494 g/mol. The lowest BCUT2D eigenvalue weighted by Gasteiger charge is -2.41. The van der Waals surface area contributed by atoms with Gasteiger partial charge in [0.25, 0.3) is 5.56 Å². The molecule has 1 atom stereocenters. The van der Waals surface area contributed by atoms with Crippen molar-refractivity contribution < 1.29 is 13.5 Å². The van der Waals surface area contributed by atoms with E-state index in [0.29, 0.717) is 60.2 Å². The van der Waals surface area contributed by atoms with Gasteiger partial charge in [-0.05, 0) is 38.1 Å². The third-order valence-electron chi connectivity index (χ3n) is 6.55. The number of anilines is 2. The van der Waals surface area contributed by atoms with Crippen LogP contribution < -0.4 is 20.9 Å². The third-order valence-corrected chi connectivity index (χ3v) is 6.55. The minimum absolute atomic E-state index is 0.0382. The summed E-state index contributed by atoms with van der Waals surface area (Å²) in [7, 11) is 1.52. The first-order chi connectivity index (χ1) is 17.3. The Morgan fingerprint density at radius 3 is 2.72 bits per heavy atom. The molecule has 36 heavy (non-hydrogen) atoms. The van der Waals surface area contributed by atoms with E-state index < -0.39 is 0 Å². The van der Waals surface area contributed by atoms with Gasteiger partial charge >= 0.3 is 0 Å². The molecule has 4 aromatic rings. The lowest BCUT2D eigenvalue weighted by atomic mass is 10.1. The molecule has 1 aromatic carbocycles. The van der Waals surface area contributed by atoms with Crippen LogP contribution in [0.25, 0.3) is 22.6 Å². The Morgan fingerprint density at radius 1 is 1.19 bits per heavy atom. The predicted octanol–water partition coefficient (Wildman–Crippen LogP) is 2.70. The van der Waals surface area contributed by atoms with Gasteiger partial charge in [0.05, 0.1) is 19.0 Å². The fourth-order valence-corrected chi connectivity index (χ4v) is 4.66. The molecule has 2 N–H and O–H groups in total. The number of fused-ring (bicyclic) bond motifs is 1. The second-order valence-electron chi connectivity index (χ2n) is 8.91. The van der Waals surface area contributed by atoms with E-state index in [1.165, 1.54) is 19.4 Å². The highest BCUT2D eigenvalue weighted by molar-refractivity contribution is 5.86. The Labute approximate surface area is 207 Å². The zero-order valence-corrected chi connectivity index (χ0v) is 20.4. The normalized spacial score (nSPS) is 16.6. The third kappa shape index (κ3) is 4.49. The van der Waals surface area contributed by atoms with Crippen molar-refractivity contribution in [3.05, 3.63) is 58.5 Å². The summed E-state index contributed by atoms with van der Waals surface area (Å²) in [5.41, 5.74) is 7.54. The van der Waals surface area contributed by atoms with E-state index in [-0.39, 0.29) is 23.4 Å². The Morgan fingerprint density at radius 2 is 2.03 bits per heavy atom. The van der Waals surface area contributed by atoms with Crippen LogP contribution in [0.3, 0.4) is 0 Å². The van der Waals surface area contributed by atoms with Crippen molar-refractivity contribution in [1.29, 1.82) is 0 Å². The molecule has 1 aliphatic rings. The van der Waals surface area contributed by atoms with Crippen LogP contribution in [-0.2, 0) is 6.54 Å². The van der Waals surface area contributed by atoms with Crippen LogP contribution in [0, 0.1) is 12.7 Å². The van der Waals surface area contributed by atoms with Crippen LogP contribution in [0.4, 0.5) is 16.0 Å². The number of piperazine rings is 1. The number of ether oxygens (including phenoxy) is 1. The maximum atomic E-state index is 14.6. The van der Waals surface area contributed by atoms with E-state index >= 15 is 0 Å². The predicted molar refractivity (Wildman–Crippen MR) is 135 cm³/mol. The summed E-state index contributed by atoms with van der Waals surface area (Å²) in [4.78, 5) is 30.0. The van der Waals surface area contributed by atoms with Gasteiger partial charge in [0, 0.05) is 44.8 Å². The van der Waals surface area contributed by atoms with Crippen molar-refractivity contribution in [2.24, 2.45) is 0 Å². The SMILES string of the molecule is COc1ccc(N2CCN(CCn3c(=O)cnc4c(-c5ccc(C)o5)nc(N)nc43)C(C)C2)c(F)c1. The molecule has 11 heteroatoms. The van der Waals surface area contributed by atoms with Gasteiger partial charge in [-0.2, -0.15) is 4.98 Å². The highest BCUT2D eigenvalue weighted by Gasteiger charge is 2.26. The number of rotatable bonds is 6. The van der Waals surface area contributed by atoms with Crippen molar-refractivity contribution >= 4 is 22.8 Å². The molecule has 0 aliphatic carbocycles. The van der Waals surface area contributed by atoms with Gasteiger partial charge in [0.15, 0.2) is 11.4 Å². The number of methoxy groups -OCH3 is 1. The van der Waals surface area contributed by atoms with Crippen LogP contribution in [0.2, 0.25) is 0 Å². The smallest absolute Gasteiger partial charge is 0.270 e. The first kappa shape index (κ1) is 23.7. The Hall–Kier alpha value is -3.99. The molecule has 0 saturated carbocycles. The summed E-state index contributed by atoms with van der Waals surface area (Å²) in [5, 5.41) is 0. The molecule has 0 bridgehead atoms. The highest BCUT2D eigenvalue weighted by atomic mass is 19.1. The molecule has 0 amide bonds. The van der Waals surface area contributed by atoms with E-state index in [2.05, 4.69) is 26.8 Å². The Kier molecular flexibility index (Phi) is 6.31. The van der Waals surface area contributed by atoms with Gasteiger partial charge in [-0.15, -0.1) is 0 Å². The molecule has 1 fully saturated rings. The maximum absolute atomic E-state index is 14.6. The van der Waals surface area contributed by atoms with Gasteiger partial charge in [0.1, 0.15) is 28.5 Å². The average Bonchev–Trinajstić information content (AvgIpc) is 3.29. The van der Waals surface area contributed by atoms with Crippen molar-refractivity contribution in [3.63, 3.8) is 0 Å². The van der Waals surface area contributed by atoms with Crippen LogP contribution >= 0.6 is 0 Å². The summed E-state index contributed by atoms with van der Waals surface area (Å²) >= 11 is 0. The number of hydrogen-bond acceptors (Lipinski definition) is 9. The first-order valence-electron chi connectivity index (χ1n) is 11.8. The van der Waals surface area contributed by atoms with Crippen LogP contribution in [-0.4, -0.2) is 63.7 Å². The number of nitrogens with zero attached hydrogens (tertiary/aromatic N) is 6. The largest absolute Gasteiger partial charge is 0.497 e. The highest BCUT2D eigenvalue weighted by Crippen LogP contribution is 2.28. The van der Waals surface area contributed by atoms with Crippen LogP contribution in [0.5, 0.6) is 5.75 Å². The summed E-state index contributed by atoms with van der Waals surface area (Å²) < 4.78 is 27.0. The monoisotopic (exact) mass is 493 g/mol.